The van der Waals surface area contributed by atoms with Gasteiger partial charge in [-0.25, -0.2) is 8.42 Å². The molecule has 0 aliphatic carbocycles. The lowest BCUT2D eigenvalue weighted by atomic mass is 10.1. The average molecular weight is 548 g/mol. The van der Waals surface area contributed by atoms with E-state index in [4.69, 9.17) is 11.6 Å². The molecule has 2 aromatic carbocycles. The third kappa shape index (κ3) is 7.86. The molecule has 1 atom stereocenters. The van der Waals surface area contributed by atoms with E-state index in [1.165, 1.54) is 11.8 Å². The molecule has 2 rings (SSSR count). The number of carbonyl (C=O) groups excluding carboxylic acids is 2. The molecular weight excluding hydrogens is 519 g/mol. The molecule has 7 nitrogen and oxygen atoms in total. The Morgan fingerprint density at radius 1 is 1.06 bits per heavy atom. The van der Waals surface area contributed by atoms with Crippen LogP contribution in [0.2, 0.25) is 5.02 Å². The zero-order valence-corrected chi connectivity index (χ0v) is 22.1. The molecule has 0 heterocycles. The van der Waals surface area contributed by atoms with E-state index in [0.717, 1.165) is 24.0 Å². The number of sulfonamides is 1. The van der Waals surface area contributed by atoms with E-state index in [1.807, 2.05) is 19.1 Å². The summed E-state index contributed by atoms with van der Waals surface area (Å²) in [6.45, 7) is 5.99. The first-order valence-electron chi connectivity index (χ1n) is 11.0. The van der Waals surface area contributed by atoms with Gasteiger partial charge in [0.1, 0.15) is 12.6 Å². The summed E-state index contributed by atoms with van der Waals surface area (Å²) in [7, 11) is -4.24. The number of amides is 2. The third-order valence-electron chi connectivity index (χ3n) is 5.29. The Hall–Kier alpha value is -2.79. The fourth-order valence-electron chi connectivity index (χ4n) is 3.35. The number of alkyl halides is 3. The van der Waals surface area contributed by atoms with E-state index in [1.54, 1.807) is 26.0 Å². The third-order valence-corrected chi connectivity index (χ3v) is 6.74. The van der Waals surface area contributed by atoms with Gasteiger partial charge in [0.15, 0.2) is 0 Å². The zero-order chi connectivity index (χ0) is 27.4. The number of rotatable bonds is 9. The smallest absolute Gasteiger partial charge is 0.352 e. The SMILES string of the molecule is Cc1ccc(CN(C(=O)CN(c2cc(C(F)(F)F)ccc2Cl)S(C)(=O)=O)[C@@H](C)C(=O)NC(C)C)cc1. The number of nitrogens with one attached hydrogen (secondary N) is 1. The minimum Gasteiger partial charge on any atom is -0.352 e. The van der Waals surface area contributed by atoms with Crippen LogP contribution in [0.5, 0.6) is 0 Å². The van der Waals surface area contributed by atoms with E-state index in [2.05, 4.69) is 5.32 Å². The zero-order valence-electron chi connectivity index (χ0n) is 20.6. The normalized spacial score (nSPS) is 12.8. The standard InChI is InChI=1S/C24H29ClF3N3O4S/c1-15(2)29-23(33)17(4)30(13-18-8-6-16(3)7-9-18)22(32)14-31(36(5,34)35)21-12-19(24(26,27)28)10-11-20(21)25/h6-12,15,17H,13-14H2,1-5H3,(H,29,33)/t17-/m0/s1. The number of hydrogen-bond acceptors (Lipinski definition) is 4. The summed E-state index contributed by atoms with van der Waals surface area (Å²) >= 11 is 6.06. The summed E-state index contributed by atoms with van der Waals surface area (Å²) in [4.78, 5) is 27.3. The number of halogens is 4. The van der Waals surface area contributed by atoms with Crippen LogP contribution in [0, 0.1) is 6.92 Å². The lowest BCUT2D eigenvalue weighted by molar-refractivity contribution is -0.139. The van der Waals surface area contributed by atoms with Crippen LogP contribution < -0.4 is 9.62 Å². The van der Waals surface area contributed by atoms with Crippen molar-refractivity contribution in [3.63, 3.8) is 0 Å². The van der Waals surface area contributed by atoms with Crippen molar-refractivity contribution >= 4 is 39.1 Å². The van der Waals surface area contributed by atoms with Crippen molar-refractivity contribution in [3.8, 4) is 0 Å². The largest absolute Gasteiger partial charge is 0.416 e. The number of anilines is 1. The van der Waals surface area contributed by atoms with Gasteiger partial charge >= 0.3 is 6.18 Å². The number of aryl methyl sites for hydroxylation is 1. The topological polar surface area (TPSA) is 86.8 Å². The Bertz CT molecular complexity index is 1200. The van der Waals surface area contributed by atoms with Gasteiger partial charge < -0.3 is 10.2 Å². The molecule has 2 amide bonds. The van der Waals surface area contributed by atoms with Crippen molar-refractivity contribution in [1.82, 2.24) is 10.2 Å². The van der Waals surface area contributed by atoms with Crippen LogP contribution >= 0.6 is 11.6 Å². The van der Waals surface area contributed by atoms with Gasteiger partial charge in [0.2, 0.25) is 21.8 Å². The molecule has 36 heavy (non-hydrogen) atoms. The number of benzene rings is 2. The summed E-state index contributed by atoms with van der Waals surface area (Å²) in [6, 6.07) is 8.18. The minimum atomic E-state index is -4.76. The molecule has 12 heteroatoms. The average Bonchev–Trinajstić information content (AvgIpc) is 2.75. The van der Waals surface area contributed by atoms with E-state index in [-0.39, 0.29) is 17.6 Å². The van der Waals surface area contributed by atoms with Gasteiger partial charge in [-0.15, -0.1) is 0 Å². The minimum absolute atomic E-state index is 0.0281. The molecule has 1 N–H and O–H groups in total. The maximum atomic E-state index is 13.4. The van der Waals surface area contributed by atoms with Gasteiger partial charge in [0.25, 0.3) is 0 Å². The van der Waals surface area contributed by atoms with Crippen LogP contribution in [0.25, 0.3) is 0 Å². The monoisotopic (exact) mass is 547 g/mol. The summed E-state index contributed by atoms with van der Waals surface area (Å²) in [5, 5.41) is 2.43. The number of hydrogen-bond donors (Lipinski definition) is 1. The van der Waals surface area contributed by atoms with Crippen LogP contribution in [0.15, 0.2) is 42.5 Å². The van der Waals surface area contributed by atoms with Crippen LogP contribution in [0.3, 0.4) is 0 Å². The molecule has 0 saturated carbocycles. The highest BCUT2D eigenvalue weighted by Crippen LogP contribution is 2.36. The molecule has 0 spiro atoms. The Labute approximate surface area is 214 Å². The second kappa shape index (κ2) is 11.5. The number of nitrogens with zero attached hydrogens (tertiary/aromatic N) is 2. The quantitative estimate of drug-likeness (QED) is 0.505. The second-order valence-corrected chi connectivity index (χ2v) is 11.1. The Balaban J connectivity index is 2.49. The highest BCUT2D eigenvalue weighted by Gasteiger charge is 2.34. The van der Waals surface area contributed by atoms with Crippen LogP contribution in [-0.2, 0) is 32.3 Å². The fraction of sp³-hybridized carbons (Fsp3) is 0.417. The van der Waals surface area contributed by atoms with E-state index in [0.29, 0.717) is 15.9 Å². The summed E-state index contributed by atoms with van der Waals surface area (Å²) < 4.78 is 65.6. The lowest BCUT2D eigenvalue weighted by Gasteiger charge is -2.32. The maximum Gasteiger partial charge on any atom is 0.416 e. The first kappa shape index (κ1) is 29.4. The molecule has 2 aromatic rings. The highest BCUT2D eigenvalue weighted by atomic mass is 35.5. The molecule has 0 fully saturated rings. The molecule has 0 radical (unpaired) electrons. The summed E-state index contributed by atoms with van der Waals surface area (Å²) in [5.74, 6) is -1.26. The van der Waals surface area contributed by atoms with Crippen molar-refractivity contribution in [2.45, 2.75) is 52.5 Å². The number of carbonyl (C=O) groups is 2. The van der Waals surface area contributed by atoms with Crippen molar-refractivity contribution in [1.29, 1.82) is 0 Å². The van der Waals surface area contributed by atoms with Gasteiger partial charge in [-0.2, -0.15) is 13.2 Å². The van der Waals surface area contributed by atoms with Crippen molar-refractivity contribution in [3.05, 3.63) is 64.2 Å². The van der Waals surface area contributed by atoms with Gasteiger partial charge in [-0.3, -0.25) is 13.9 Å². The molecule has 0 saturated heterocycles. The van der Waals surface area contributed by atoms with E-state index in [9.17, 15) is 31.2 Å². The second-order valence-electron chi connectivity index (χ2n) is 8.78. The maximum absolute atomic E-state index is 13.4. The van der Waals surface area contributed by atoms with Gasteiger partial charge in [0.05, 0.1) is 22.5 Å². The van der Waals surface area contributed by atoms with Gasteiger partial charge in [-0.1, -0.05) is 41.4 Å². The predicted molar refractivity (Wildman–Crippen MR) is 133 cm³/mol. The Morgan fingerprint density at radius 3 is 2.14 bits per heavy atom. The van der Waals surface area contributed by atoms with Crippen molar-refractivity contribution < 1.29 is 31.2 Å². The Kier molecular flexibility index (Phi) is 9.41. The lowest BCUT2D eigenvalue weighted by Crippen LogP contribution is -2.52. The van der Waals surface area contributed by atoms with Crippen molar-refractivity contribution in [2.75, 3.05) is 17.1 Å². The van der Waals surface area contributed by atoms with E-state index < -0.39 is 51.9 Å². The summed E-state index contributed by atoms with van der Waals surface area (Å²) in [6.07, 6.45) is -4.00. The molecular formula is C24H29ClF3N3O4S. The van der Waals surface area contributed by atoms with E-state index >= 15 is 0 Å². The van der Waals surface area contributed by atoms with Crippen LogP contribution in [0.1, 0.15) is 37.5 Å². The fourth-order valence-corrected chi connectivity index (χ4v) is 4.48. The van der Waals surface area contributed by atoms with Crippen LogP contribution in [0.4, 0.5) is 18.9 Å². The van der Waals surface area contributed by atoms with Gasteiger partial charge in [0, 0.05) is 12.6 Å². The first-order valence-corrected chi connectivity index (χ1v) is 13.2. The highest BCUT2D eigenvalue weighted by molar-refractivity contribution is 7.92. The first-order chi connectivity index (χ1) is 16.5. The molecule has 0 bridgehead atoms. The Morgan fingerprint density at radius 2 is 1.64 bits per heavy atom. The summed E-state index contributed by atoms with van der Waals surface area (Å²) in [5.41, 5.74) is 0.0481. The molecule has 0 aliphatic rings. The molecule has 198 valence electrons. The van der Waals surface area contributed by atoms with Crippen LogP contribution in [-0.4, -0.2) is 50.0 Å². The predicted octanol–water partition coefficient (Wildman–Crippen LogP) is 4.38. The molecule has 0 aromatic heterocycles. The molecule has 0 aliphatic heterocycles. The van der Waals surface area contributed by atoms with Gasteiger partial charge in [-0.05, 0) is 51.5 Å². The molecule has 0 unspecified atom stereocenters. The van der Waals surface area contributed by atoms with Crippen molar-refractivity contribution in [2.24, 2.45) is 0 Å².